The van der Waals surface area contributed by atoms with E-state index in [4.69, 9.17) is 11.6 Å². The molecule has 0 unspecified atom stereocenters. The Morgan fingerprint density at radius 1 is 1.19 bits per heavy atom. The fourth-order valence-corrected chi connectivity index (χ4v) is 4.12. The maximum Gasteiger partial charge on any atom is 0.267 e. The first-order valence-electron chi connectivity index (χ1n) is 8.16. The Morgan fingerprint density at radius 3 is 2.77 bits per heavy atom. The Bertz CT molecular complexity index is 1080. The molecule has 26 heavy (non-hydrogen) atoms. The van der Waals surface area contributed by atoms with E-state index < -0.39 is 0 Å². The minimum Gasteiger partial charge on any atom is -0.319 e. The fourth-order valence-electron chi connectivity index (χ4n) is 2.71. The van der Waals surface area contributed by atoms with Crippen molar-refractivity contribution in [2.75, 3.05) is 5.32 Å². The second-order valence-corrected chi connectivity index (χ2v) is 7.26. The number of benzene rings is 1. The van der Waals surface area contributed by atoms with Crippen LogP contribution in [0.15, 0.2) is 49.1 Å². The van der Waals surface area contributed by atoms with Crippen molar-refractivity contribution in [1.29, 1.82) is 0 Å². The number of thiophene rings is 1. The summed E-state index contributed by atoms with van der Waals surface area (Å²) < 4.78 is 4.62. The van der Waals surface area contributed by atoms with E-state index in [9.17, 15) is 4.79 Å². The third-order valence-electron chi connectivity index (χ3n) is 3.99. The Morgan fingerprint density at radius 2 is 2.00 bits per heavy atom. The Balaban J connectivity index is 1.49. The number of fused-ring (bicyclic) bond motifs is 1. The molecule has 3 heterocycles. The molecule has 0 atom stereocenters. The summed E-state index contributed by atoms with van der Waals surface area (Å²) in [6.45, 7) is 3.47. The van der Waals surface area contributed by atoms with E-state index in [1.807, 2.05) is 48.3 Å². The van der Waals surface area contributed by atoms with Gasteiger partial charge in [-0.05, 0) is 13.0 Å². The van der Waals surface area contributed by atoms with E-state index in [1.165, 1.54) is 11.3 Å². The van der Waals surface area contributed by atoms with Crippen molar-refractivity contribution in [2.45, 2.75) is 20.0 Å². The van der Waals surface area contributed by atoms with Crippen LogP contribution in [0.25, 0.3) is 10.1 Å². The molecule has 4 aromatic rings. The van der Waals surface area contributed by atoms with Crippen LogP contribution in [0.1, 0.15) is 22.2 Å². The molecule has 0 aliphatic rings. The standard InChI is InChI=1S/C18H16ClN5OS/c1-2-23-9-12(7-20-23)10-24-11-13(8-21-24)22-18(25)17-16(19)14-5-3-4-6-15(14)26-17/h3-9,11H,2,10H2,1H3,(H,22,25). The Labute approximate surface area is 159 Å². The topological polar surface area (TPSA) is 64.7 Å². The highest BCUT2D eigenvalue weighted by atomic mass is 35.5. The molecular formula is C18H16ClN5OS. The molecule has 3 aromatic heterocycles. The van der Waals surface area contributed by atoms with Crippen LogP contribution in [-0.2, 0) is 13.1 Å². The van der Waals surface area contributed by atoms with Gasteiger partial charge in [0.15, 0.2) is 0 Å². The molecule has 1 amide bonds. The second-order valence-electron chi connectivity index (χ2n) is 5.83. The number of nitrogens with zero attached hydrogens (tertiary/aromatic N) is 4. The highest BCUT2D eigenvalue weighted by Gasteiger charge is 2.17. The van der Waals surface area contributed by atoms with Crippen LogP contribution in [0.2, 0.25) is 5.02 Å². The van der Waals surface area contributed by atoms with Crippen molar-refractivity contribution < 1.29 is 4.79 Å². The third kappa shape index (κ3) is 3.23. The first-order chi connectivity index (χ1) is 12.6. The van der Waals surface area contributed by atoms with E-state index in [-0.39, 0.29) is 5.91 Å². The summed E-state index contributed by atoms with van der Waals surface area (Å²) in [5.74, 6) is -0.227. The number of rotatable bonds is 5. The molecule has 0 saturated carbocycles. The normalized spacial score (nSPS) is 11.2. The first kappa shape index (κ1) is 16.8. The summed E-state index contributed by atoms with van der Waals surface area (Å²) in [4.78, 5) is 13.1. The largest absolute Gasteiger partial charge is 0.319 e. The average Bonchev–Trinajstić information content (AvgIpc) is 3.35. The molecule has 0 bridgehead atoms. The molecule has 0 aliphatic heterocycles. The second kappa shape index (κ2) is 6.93. The van der Waals surface area contributed by atoms with Gasteiger partial charge in [0.25, 0.3) is 5.91 Å². The maximum absolute atomic E-state index is 12.6. The van der Waals surface area contributed by atoms with E-state index in [1.54, 1.807) is 17.1 Å². The molecule has 0 fully saturated rings. The molecule has 0 radical (unpaired) electrons. The number of halogens is 1. The van der Waals surface area contributed by atoms with Crippen LogP contribution in [0.4, 0.5) is 5.69 Å². The average molecular weight is 386 g/mol. The highest BCUT2D eigenvalue weighted by Crippen LogP contribution is 2.35. The van der Waals surface area contributed by atoms with Gasteiger partial charge in [-0.15, -0.1) is 11.3 Å². The van der Waals surface area contributed by atoms with Crippen molar-refractivity contribution in [3.63, 3.8) is 0 Å². The van der Waals surface area contributed by atoms with Crippen molar-refractivity contribution in [1.82, 2.24) is 19.6 Å². The molecule has 6 nitrogen and oxygen atoms in total. The molecule has 1 N–H and O–H groups in total. The van der Waals surface area contributed by atoms with Crippen LogP contribution in [0, 0.1) is 0 Å². The summed E-state index contributed by atoms with van der Waals surface area (Å²) in [5, 5.41) is 12.8. The van der Waals surface area contributed by atoms with Gasteiger partial charge in [-0.1, -0.05) is 29.8 Å². The smallest absolute Gasteiger partial charge is 0.267 e. The highest BCUT2D eigenvalue weighted by molar-refractivity contribution is 7.21. The van der Waals surface area contributed by atoms with Crippen LogP contribution in [0.3, 0.4) is 0 Å². The quantitative estimate of drug-likeness (QED) is 0.558. The summed E-state index contributed by atoms with van der Waals surface area (Å²) in [6, 6.07) is 7.71. The summed E-state index contributed by atoms with van der Waals surface area (Å²) in [7, 11) is 0. The predicted molar refractivity (Wildman–Crippen MR) is 104 cm³/mol. The lowest BCUT2D eigenvalue weighted by Gasteiger charge is -2.00. The van der Waals surface area contributed by atoms with Gasteiger partial charge >= 0.3 is 0 Å². The number of aryl methyl sites for hydroxylation is 1. The number of carbonyl (C=O) groups is 1. The fraction of sp³-hybridized carbons (Fsp3) is 0.167. The van der Waals surface area contributed by atoms with Crippen molar-refractivity contribution in [2.24, 2.45) is 0 Å². The zero-order valence-electron chi connectivity index (χ0n) is 14.0. The number of hydrogen-bond donors (Lipinski definition) is 1. The molecule has 1 aromatic carbocycles. The van der Waals surface area contributed by atoms with E-state index in [0.29, 0.717) is 22.1 Å². The van der Waals surface area contributed by atoms with Gasteiger partial charge in [0.05, 0.1) is 29.6 Å². The van der Waals surface area contributed by atoms with Gasteiger partial charge in [0, 0.05) is 34.6 Å². The number of aromatic nitrogens is 4. The van der Waals surface area contributed by atoms with Crippen LogP contribution < -0.4 is 5.32 Å². The summed E-state index contributed by atoms with van der Waals surface area (Å²) in [6.07, 6.45) is 7.23. The van der Waals surface area contributed by atoms with Gasteiger partial charge < -0.3 is 5.32 Å². The first-order valence-corrected chi connectivity index (χ1v) is 9.35. The molecule has 0 aliphatic carbocycles. The Kier molecular flexibility index (Phi) is 4.48. The van der Waals surface area contributed by atoms with Gasteiger partial charge in [0.2, 0.25) is 0 Å². The molecule has 132 valence electrons. The van der Waals surface area contributed by atoms with Gasteiger partial charge in [-0.3, -0.25) is 14.2 Å². The number of nitrogens with one attached hydrogen (secondary N) is 1. The van der Waals surface area contributed by atoms with Gasteiger partial charge in [-0.2, -0.15) is 10.2 Å². The maximum atomic E-state index is 12.6. The Hall–Kier alpha value is -2.64. The van der Waals surface area contributed by atoms with Crippen molar-refractivity contribution >= 4 is 44.6 Å². The molecular weight excluding hydrogens is 370 g/mol. The number of hydrogen-bond acceptors (Lipinski definition) is 4. The molecule has 8 heteroatoms. The monoisotopic (exact) mass is 385 g/mol. The molecule has 0 spiro atoms. The third-order valence-corrected chi connectivity index (χ3v) is 5.66. The van der Waals surface area contributed by atoms with E-state index >= 15 is 0 Å². The van der Waals surface area contributed by atoms with Gasteiger partial charge in [-0.25, -0.2) is 0 Å². The summed E-state index contributed by atoms with van der Waals surface area (Å²) >= 11 is 7.75. The number of anilines is 1. The lowest BCUT2D eigenvalue weighted by Crippen LogP contribution is -2.10. The number of amides is 1. The zero-order chi connectivity index (χ0) is 18.1. The number of carbonyl (C=O) groups excluding carboxylic acids is 1. The van der Waals surface area contributed by atoms with Crippen LogP contribution in [-0.4, -0.2) is 25.5 Å². The predicted octanol–water partition coefficient (Wildman–Crippen LogP) is 4.27. The lowest BCUT2D eigenvalue weighted by molar-refractivity contribution is 0.103. The molecule has 0 saturated heterocycles. The zero-order valence-corrected chi connectivity index (χ0v) is 15.6. The van der Waals surface area contributed by atoms with Crippen LogP contribution >= 0.6 is 22.9 Å². The molecule has 4 rings (SSSR count). The lowest BCUT2D eigenvalue weighted by atomic mass is 10.2. The summed E-state index contributed by atoms with van der Waals surface area (Å²) in [5.41, 5.74) is 1.69. The SMILES string of the molecule is CCn1cc(Cn2cc(NC(=O)c3sc4ccccc4c3Cl)cn2)cn1. The van der Waals surface area contributed by atoms with Crippen molar-refractivity contribution in [3.8, 4) is 0 Å². The minimum atomic E-state index is -0.227. The van der Waals surface area contributed by atoms with Crippen molar-refractivity contribution in [3.05, 3.63) is 64.5 Å². The van der Waals surface area contributed by atoms with Crippen LogP contribution in [0.5, 0.6) is 0 Å². The van der Waals surface area contributed by atoms with E-state index in [0.717, 1.165) is 22.2 Å². The minimum absolute atomic E-state index is 0.227. The van der Waals surface area contributed by atoms with Gasteiger partial charge in [0.1, 0.15) is 4.88 Å². The van der Waals surface area contributed by atoms with E-state index in [2.05, 4.69) is 15.5 Å².